The van der Waals surface area contributed by atoms with E-state index in [1.165, 1.54) is 11.8 Å². The van der Waals surface area contributed by atoms with Crippen molar-refractivity contribution in [2.75, 3.05) is 12.8 Å². The van der Waals surface area contributed by atoms with E-state index in [2.05, 4.69) is 16.3 Å². The van der Waals surface area contributed by atoms with Crippen molar-refractivity contribution < 1.29 is 9.21 Å². The van der Waals surface area contributed by atoms with Gasteiger partial charge >= 0.3 is 0 Å². The fraction of sp³-hybridized carbons (Fsp3) is 0.240. The third-order valence-electron chi connectivity index (χ3n) is 5.54. The SMILES string of the molecule is Cc1cccc(-c2nnc(SCC(=O)N(C)C(C)c3ccc(Cl)cc3)n2Cc2ccco2)c1. The Morgan fingerprint density at radius 1 is 1.15 bits per heavy atom. The summed E-state index contributed by atoms with van der Waals surface area (Å²) in [5.74, 6) is 1.80. The Kier molecular flexibility index (Phi) is 7.20. The van der Waals surface area contributed by atoms with Crippen LogP contribution in [0.2, 0.25) is 5.02 Å². The highest BCUT2D eigenvalue weighted by Gasteiger charge is 2.21. The third kappa shape index (κ3) is 5.49. The number of benzene rings is 2. The second-order valence-electron chi connectivity index (χ2n) is 7.86. The number of amides is 1. The molecule has 2 heterocycles. The lowest BCUT2D eigenvalue weighted by Crippen LogP contribution is -2.31. The standard InChI is InChI=1S/C25H25ClN4O2S/c1-17-6-4-7-20(14-17)24-27-28-25(30(24)15-22-8-5-13-32-22)33-16-23(31)29(3)18(2)19-9-11-21(26)12-10-19/h4-14,18H,15-16H2,1-3H3. The predicted molar refractivity (Wildman–Crippen MR) is 131 cm³/mol. The fourth-order valence-electron chi connectivity index (χ4n) is 3.50. The Morgan fingerprint density at radius 2 is 1.94 bits per heavy atom. The highest BCUT2D eigenvalue weighted by molar-refractivity contribution is 7.99. The minimum absolute atomic E-state index is 0.00658. The van der Waals surface area contributed by atoms with Gasteiger partial charge in [0, 0.05) is 17.6 Å². The molecule has 0 aliphatic rings. The van der Waals surface area contributed by atoms with Gasteiger partial charge in [0.05, 0.1) is 24.6 Å². The molecule has 0 saturated carbocycles. The molecule has 0 fully saturated rings. The monoisotopic (exact) mass is 480 g/mol. The summed E-state index contributed by atoms with van der Waals surface area (Å²) < 4.78 is 7.55. The van der Waals surface area contributed by atoms with Crippen LogP contribution in [-0.2, 0) is 11.3 Å². The van der Waals surface area contributed by atoms with Gasteiger partial charge in [-0.25, -0.2) is 0 Å². The van der Waals surface area contributed by atoms with E-state index in [4.69, 9.17) is 16.0 Å². The van der Waals surface area contributed by atoms with Gasteiger partial charge in [0.25, 0.3) is 0 Å². The zero-order chi connectivity index (χ0) is 23.4. The molecule has 1 amide bonds. The summed E-state index contributed by atoms with van der Waals surface area (Å²) in [7, 11) is 1.81. The Balaban J connectivity index is 1.52. The van der Waals surface area contributed by atoms with Crippen LogP contribution in [0.25, 0.3) is 11.4 Å². The van der Waals surface area contributed by atoms with E-state index in [1.807, 2.05) is 80.1 Å². The van der Waals surface area contributed by atoms with Gasteiger partial charge in [-0.15, -0.1) is 10.2 Å². The lowest BCUT2D eigenvalue weighted by atomic mass is 10.1. The summed E-state index contributed by atoms with van der Waals surface area (Å²) in [5.41, 5.74) is 3.14. The number of hydrogen-bond donors (Lipinski definition) is 0. The largest absolute Gasteiger partial charge is 0.467 e. The number of aryl methyl sites for hydroxylation is 1. The maximum Gasteiger partial charge on any atom is 0.233 e. The van der Waals surface area contributed by atoms with Crippen LogP contribution in [0.3, 0.4) is 0 Å². The summed E-state index contributed by atoms with van der Waals surface area (Å²) in [6.07, 6.45) is 1.65. The van der Waals surface area contributed by atoms with E-state index < -0.39 is 0 Å². The van der Waals surface area contributed by atoms with Crippen molar-refractivity contribution in [2.24, 2.45) is 0 Å². The van der Waals surface area contributed by atoms with Crippen LogP contribution in [0.15, 0.2) is 76.5 Å². The summed E-state index contributed by atoms with van der Waals surface area (Å²) in [6.45, 7) is 4.53. The smallest absolute Gasteiger partial charge is 0.233 e. The molecule has 0 saturated heterocycles. The fourth-order valence-corrected chi connectivity index (χ4v) is 4.49. The van der Waals surface area contributed by atoms with Crippen molar-refractivity contribution in [2.45, 2.75) is 31.6 Å². The molecule has 170 valence electrons. The number of carbonyl (C=O) groups excluding carboxylic acids is 1. The molecule has 1 unspecified atom stereocenters. The Labute approximate surface area is 202 Å². The molecule has 0 aliphatic carbocycles. The maximum absolute atomic E-state index is 13.0. The number of nitrogens with zero attached hydrogens (tertiary/aromatic N) is 4. The van der Waals surface area contributed by atoms with Crippen LogP contribution < -0.4 is 0 Å². The van der Waals surface area contributed by atoms with E-state index in [9.17, 15) is 4.79 Å². The number of hydrogen-bond acceptors (Lipinski definition) is 5. The van der Waals surface area contributed by atoms with Gasteiger partial charge in [0.1, 0.15) is 5.76 Å². The molecule has 6 nitrogen and oxygen atoms in total. The Hall–Kier alpha value is -3.03. The lowest BCUT2D eigenvalue weighted by Gasteiger charge is -2.25. The number of carbonyl (C=O) groups is 1. The minimum Gasteiger partial charge on any atom is -0.467 e. The maximum atomic E-state index is 13.0. The van der Waals surface area contributed by atoms with Crippen LogP contribution in [0.5, 0.6) is 0 Å². The average Bonchev–Trinajstić information content (AvgIpc) is 3.47. The molecule has 1 atom stereocenters. The Bertz CT molecular complexity index is 1220. The van der Waals surface area contributed by atoms with E-state index in [0.717, 1.165) is 28.3 Å². The second-order valence-corrected chi connectivity index (χ2v) is 9.24. The molecule has 4 aromatic rings. The van der Waals surface area contributed by atoms with E-state index in [-0.39, 0.29) is 17.7 Å². The summed E-state index contributed by atoms with van der Waals surface area (Å²) >= 11 is 7.37. The highest BCUT2D eigenvalue weighted by atomic mass is 35.5. The van der Waals surface area contributed by atoms with Crippen LogP contribution in [0, 0.1) is 6.92 Å². The third-order valence-corrected chi connectivity index (χ3v) is 6.74. The number of halogens is 1. The van der Waals surface area contributed by atoms with Crippen molar-refractivity contribution in [3.63, 3.8) is 0 Å². The molecule has 8 heteroatoms. The first-order valence-corrected chi connectivity index (χ1v) is 12.0. The topological polar surface area (TPSA) is 64.2 Å². The normalized spacial score (nSPS) is 12.0. The van der Waals surface area contributed by atoms with Crippen molar-refractivity contribution in [1.82, 2.24) is 19.7 Å². The zero-order valence-corrected chi connectivity index (χ0v) is 20.3. The van der Waals surface area contributed by atoms with Gasteiger partial charge in [-0.05, 0) is 49.7 Å². The molecule has 2 aromatic carbocycles. The first-order chi connectivity index (χ1) is 15.9. The van der Waals surface area contributed by atoms with Gasteiger partial charge in [-0.2, -0.15) is 0 Å². The second kappa shape index (κ2) is 10.3. The van der Waals surface area contributed by atoms with Crippen LogP contribution in [0.4, 0.5) is 0 Å². The van der Waals surface area contributed by atoms with Crippen LogP contribution >= 0.6 is 23.4 Å². The summed E-state index contributed by atoms with van der Waals surface area (Å²) in [4.78, 5) is 14.7. The van der Waals surface area contributed by atoms with E-state index in [1.54, 1.807) is 11.2 Å². The molecule has 0 radical (unpaired) electrons. The number of furan rings is 1. The van der Waals surface area contributed by atoms with Gasteiger partial charge < -0.3 is 9.32 Å². The molecular weight excluding hydrogens is 456 g/mol. The summed E-state index contributed by atoms with van der Waals surface area (Å²) in [6, 6.07) is 19.4. The molecule has 0 bridgehead atoms. The first-order valence-electron chi connectivity index (χ1n) is 10.6. The molecule has 4 rings (SSSR count). The van der Waals surface area contributed by atoms with Gasteiger partial charge in [0.15, 0.2) is 11.0 Å². The van der Waals surface area contributed by atoms with Crippen molar-refractivity contribution >= 4 is 29.3 Å². The molecule has 33 heavy (non-hydrogen) atoms. The average molecular weight is 481 g/mol. The van der Waals surface area contributed by atoms with Gasteiger partial charge in [-0.1, -0.05) is 59.3 Å². The van der Waals surface area contributed by atoms with Gasteiger partial charge in [0.2, 0.25) is 5.91 Å². The number of rotatable bonds is 8. The van der Waals surface area contributed by atoms with Crippen molar-refractivity contribution in [1.29, 1.82) is 0 Å². The molecule has 0 aliphatic heterocycles. The van der Waals surface area contributed by atoms with E-state index >= 15 is 0 Å². The first kappa shape index (κ1) is 23.1. The van der Waals surface area contributed by atoms with Crippen molar-refractivity contribution in [3.8, 4) is 11.4 Å². The number of thioether (sulfide) groups is 1. The van der Waals surface area contributed by atoms with Crippen molar-refractivity contribution in [3.05, 3.63) is 88.8 Å². The Morgan fingerprint density at radius 3 is 2.64 bits per heavy atom. The van der Waals surface area contributed by atoms with Crippen LogP contribution in [-0.4, -0.2) is 38.4 Å². The lowest BCUT2D eigenvalue weighted by molar-refractivity contribution is -0.128. The molecule has 2 aromatic heterocycles. The predicted octanol–water partition coefficient (Wildman–Crippen LogP) is 5.86. The molecular formula is C25H25ClN4O2S. The minimum atomic E-state index is -0.0702. The van der Waals surface area contributed by atoms with E-state index in [0.29, 0.717) is 16.7 Å². The van der Waals surface area contributed by atoms with Gasteiger partial charge in [-0.3, -0.25) is 9.36 Å². The summed E-state index contributed by atoms with van der Waals surface area (Å²) in [5, 5.41) is 10.2. The highest BCUT2D eigenvalue weighted by Crippen LogP contribution is 2.27. The molecule has 0 N–H and O–H groups in total. The van der Waals surface area contributed by atoms with Crippen LogP contribution in [0.1, 0.15) is 29.9 Å². The zero-order valence-electron chi connectivity index (χ0n) is 18.7. The quantitative estimate of drug-likeness (QED) is 0.295. The number of aromatic nitrogens is 3. The molecule has 0 spiro atoms.